The van der Waals surface area contributed by atoms with E-state index in [9.17, 15) is 4.39 Å². The Balaban J connectivity index is 2.49. The van der Waals surface area contributed by atoms with E-state index in [2.05, 4.69) is 31.2 Å². The highest BCUT2D eigenvalue weighted by molar-refractivity contribution is 9.10. The summed E-state index contributed by atoms with van der Waals surface area (Å²) in [6.45, 7) is 1.72. The van der Waals surface area contributed by atoms with Gasteiger partial charge in [-0.05, 0) is 46.6 Å². The van der Waals surface area contributed by atoms with Gasteiger partial charge in [-0.3, -0.25) is 0 Å². The van der Waals surface area contributed by atoms with Crippen LogP contribution >= 0.6 is 15.9 Å². The number of halogens is 2. The first-order valence-electron chi connectivity index (χ1n) is 5.08. The van der Waals surface area contributed by atoms with E-state index >= 15 is 0 Å². The van der Waals surface area contributed by atoms with Crippen molar-refractivity contribution >= 4 is 21.7 Å². The zero-order chi connectivity index (χ0) is 12.4. The van der Waals surface area contributed by atoms with Crippen LogP contribution in [0.5, 0.6) is 0 Å². The number of aryl methyl sites for hydroxylation is 1. The largest absolute Gasteiger partial charge is 0.372 e. The molecular weight excluding hydrogens is 285 g/mol. The molecule has 0 fully saturated rings. The lowest BCUT2D eigenvalue weighted by Crippen LogP contribution is -1.98. The minimum absolute atomic E-state index is 0.222. The third kappa shape index (κ3) is 2.44. The number of nitrogens with one attached hydrogen (secondary N) is 1. The lowest BCUT2D eigenvalue weighted by Gasteiger charge is -2.06. The van der Waals surface area contributed by atoms with Crippen molar-refractivity contribution in [2.45, 2.75) is 6.92 Å². The van der Waals surface area contributed by atoms with Gasteiger partial charge in [-0.1, -0.05) is 0 Å². The molecule has 1 heterocycles. The van der Waals surface area contributed by atoms with Gasteiger partial charge >= 0.3 is 0 Å². The Morgan fingerprint density at radius 2 is 2.12 bits per heavy atom. The molecule has 0 unspecified atom stereocenters. The van der Waals surface area contributed by atoms with E-state index in [0.29, 0.717) is 17.2 Å². The van der Waals surface area contributed by atoms with E-state index in [1.54, 1.807) is 32.3 Å². The van der Waals surface area contributed by atoms with Crippen molar-refractivity contribution in [1.82, 2.24) is 9.97 Å². The zero-order valence-corrected chi connectivity index (χ0v) is 11.0. The first kappa shape index (κ1) is 12.0. The number of nitrogens with zero attached hydrogens (tertiary/aromatic N) is 2. The first-order valence-corrected chi connectivity index (χ1v) is 5.88. The Kier molecular flexibility index (Phi) is 3.38. The van der Waals surface area contributed by atoms with E-state index < -0.39 is 0 Å². The maximum atomic E-state index is 13.2. The van der Waals surface area contributed by atoms with Crippen LogP contribution in [0.3, 0.4) is 0 Å². The summed E-state index contributed by atoms with van der Waals surface area (Å²) in [5.74, 6) is 1.05. The summed E-state index contributed by atoms with van der Waals surface area (Å²) >= 11 is 3.34. The Morgan fingerprint density at radius 1 is 1.35 bits per heavy atom. The number of rotatable bonds is 2. The summed E-state index contributed by atoms with van der Waals surface area (Å²) in [6, 6.07) is 4.83. The predicted molar refractivity (Wildman–Crippen MR) is 69.4 cm³/mol. The number of hydrogen-bond acceptors (Lipinski definition) is 3. The van der Waals surface area contributed by atoms with Gasteiger partial charge in [0, 0.05) is 18.8 Å². The fraction of sp³-hybridized carbons (Fsp3) is 0.167. The second-order valence-electron chi connectivity index (χ2n) is 3.60. The second-order valence-corrected chi connectivity index (χ2v) is 4.46. The summed E-state index contributed by atoms with van der Waals surface area (Å²) in [5.41, 5.74) is 1.38. The van der Waals surface area contributed by atoms with Crippen molar-refractivity contribution in [2.24, 2.45) is 0 Å². The van der Waals surface area contributed by atoms with E-state index in [0.717, 1.165) is 10.0 Å². The Labute approximate surface area is 107 Å². The van der Waals surface area contributed by atoms with Crippen LogP contribution in [0.4, 0.5) is 10.2 Å². The maximum absolute atomic E-state index is 13.2. The molecule has 2 rings (SSSR count). The van der Waals surface area contributed by atoms with Crippen molar-refractivity contribution in [1.29, 1.82) is 0 Å². The lowest BCUT2D eigenvalue weighted by molar-refractivity contribution is 0.618. The van der Waals surface area contributed by atoms with Gasteiger partial charge in [-0.2, -0.15) is 0 Å². The summed E-state index contributed by atoms with van der Waals surface area (Å²) in [7, 11) is 1.78. The van der Waals surface area contributed by atoms with Crippen LogP contribution in [-0.4, -0.2) is 17.0 Å². The molecule has 0 amide bonds. The van der Waals surface area contributed by atoms with E-state index in [1.807, 2.05) is 0 Å². The first-order chi connectivity index (χ1) is 8.11. The molecule has 0 spiro atoms. The van der Waals surface area contributed by atoms with Gasteiger partial charge < -0.3 is 5.32 Å². The van der Waals surface area contributed by atoms with Crippen molar-refractivity contribution in [3.05, 3.63) is 40.2 Å². The van der Waals surface area contributed by atoms with Gasteiger partial charge in [0.25, 0.3) is 0 Å². The molecular formula is C12H11BrFN3. The topological polar surface area (TPSA) is 37.8 Å². The quantitative estimate of drug-likeness (QED) is 0.923. The molecule has 0 atom stereocenters. The number of anilines is 1. The predicted octanol–water partition coefficient (Wildman–Crippen LogP) is 3.40. The third-order valence-corrected chi connectivity index (χ3v) is 2.98. The molecule has 0 radical (unpaired) electrons. The average molecular weight is 296 g/mol. The van der Waals surface area contributed by atoms with Crippen LogP contribution < -0.4 is 5.32 Å². The minimum Gasteiger partial charge on any atom is -0.372 e. The Bertz CT molecular complexity index is 557. The summed E-state index contributed by atoms with van der Waals surface area (Å²) in [6.07, 6.45) is 1.67. The van der Waals surface area contributed by atoms with Crippen LogP contribution in [0.15, 0.2) is 28.9 Å². The highest BCUT2D eigenvalue weighted by Crippen LogP contribution is 2.23. The van der Waals surface area contributed by atoms with Crippen LogP contribution in [0.1, 0.15) is 5.56 Å². The van der Waals surface area contributed by atoms with Gasteiger partial charge in [0.2, 0.25) is 0 Å². The Hall–Kier alpha value is -1.49. The van der Waals surface area contributed by atoms with Gasteiger partial charge in [0.05, 0.1) is 4.47 Å². The van der Waals surface area contributed by atoms with Gasteiger partial charge in [-0.25, -0.2) is 14.4 Å². The van der Waals surface area contributed by atoms with Crippen LogP contribution in [0, 0.1) is 12.7 Å². The highest BCUT2D eigenvalue weighted by Gasteiger charge is 2.07. The summed E-state index contributed by atoms with van der Waals surface area (Å²) < 4.78 is 14.0. The standard InChI is InChI=1S/C12H11BrFN3/c1-7-5-8(3-4-10(7)14)11-16-6-9(13)12(15-2)17-11/h3-6H,1-2H3,(H,15,16,17). The SMILES string of the molecule is CNc1nc(-c2ccc(F)c(C)c2)ncc1Br. The van der Waals surface area contributed by atoms with Crippen molar-refractivity contribution in [3.63, 3.8) is 0 Å². The maximum Gasteiger partial charge on any atom is 0.161 e. The fourth-order valence-electron chi connectivity index (χ4n) is 1.47. The third-order valence-electron chi connectivity index (χ3n) is 2.40. The van der Waals surface area contributed by atoms with E-state index in [4.69, 9.17) is 0 Å². The minimum atomic E-state index is -0.222. The van der Waals surface area contributed by atoms with Crippen molar-refractivity contribution in [3.8, 4) is 11.4 Å². The molecule has 17 heavy (non-hydrogen) atoms. The fourth-order valence-corrected chi connectivity index (χ4v) is 1.85. The molecule has 0 aliphatic heterocycles. The Morgan fingerprint density at radius 3 is 2.76 bits per heavy atom. The molecule has 0 aliphatic rings. The van der Waals surface area contributed by atoms with Crippen LogP contribution in [0.2, 0.25) is 0 Å². The van der Waals surface area contributed by atoms with Crippen molar-refractivity contribution < 1.29 is 4.39 Å². The molecule has 2 aromatic rings. The van der Waals surface area contributed by atoms with Crippen molar-refractivity contribution in [2.75, 3.05) is 12.4 Å². The molecule has 88 valence electrons. The number of benzene rings is 1. The van der Waals surface area contributed by atoms with Crippen LogP contribution in [-0.2, 0) is 0 Å². The number of aromatic nitrogens is 2. The van der Waals surface area contributed by atoms with Gasteiger partial charge in [0.1, 0.15) is 11.6 Å². The van der Waals surface area contributed by atoms with E-state index in [1.165, 1.54) is 6.07 Å². The average Bonchev–Trinajstić information content (AvgIpc) is 2.33. The van der Waals surface area contributed by atoms with Crippen LogP contribution in [0.25, 0.3) is 11.4 Å². The monoisotopic (exact) mass is 295 g/mol. The number of hydrogen-bond donors (Lipinski definition) is 1. The molecule has 1 aromatic carbocycles. The molecule has 0 saturated carbocycles. The van der Waals surface area contributed by atoms with E-state index in [-0.39, 0.29) is 5.82 Å². The summed E-state index contributed by atoms with van der Waals surface area (Å²) in [5, 5.41) is 2.96. The zero-order valence-electron chi connectivity index (χ0n) is 9.46. The molecule has 1 aromatic heterocycles. The summed E-state index contributed by atoms with van der Waals surface area (Å²) in [4.78, 5) is 8.55. The molecule has 0 saturated heterocycles. The normalized spacial score (nSPS) is 10.4. The second kappa shape index (κ2) is 4.79. The molecule has 1 N–H and O–H groups in total. The van der Waals surface area contributed by atoms with Gasteiger partial charge in [0.15, 0.2) is 5.82 Å². The van der Waals surface area contributed by atoms with Gasteiger partial charge in [-0.15, -0.1) is 0 Å². The highest BCUT2D eigenvalue weighted by atomic mass is 79.9. The lowest BCUT2D eigenvalue weighted by atomic mass is 10.1. The smallest absolute Gasteiger partial charge is 0.161 e. The molecule has 3 nitrogen and oxygen atoms in total. The molecule has 0 aliphatic carbocycles. The molecule has 0 bridgehead atoms. The molecule has 5 heteroatoms.